The third-order valence-electron chi connectivity index (χ3n) is 5.16. The SMILES string of the molecule is Cc1ccc(C)c(S(=O)(=O)N2CCC(NCC3CC3)CC2)c1[N+](=O)[O-]. The molecule has 25 heavy (non-hydrogen) atoms. The molecule has 0 spiro atoms. The summed E-state index contributed by atoms with van der Waals surface area (Å²) in [7, 11) is -3.87. The Morgan fingerprint density at radius 1 is 1.16 bits per heavy atom. The van der Waals surface area contributed by atoms with Crippen molar-refractivity contribution in [2.75, 3.05) is 19.6 Å². The molecule has 0 radical (unpaired) electrons. The maximum Gasteiger partial charge on any atom is 0.292 e. The summed E-state index contributed by atoms with van der Waals surface area (Å²) >= 11 is 0. The molecule has 0 amide bonds. The van der Waals surface area contributed by atoms with E-state index >= 15 is 0 Å². The van der Waals surface area contributed by atoms with E-state index in [1.165, 1.54) is 17.1 Å². The highest BCUT2D eigenvalue weighted by molar-refractivity contribution is 7.89. The van der Waals surface area contributed by atoms with Crippen LogP contribution in [0.5, 0.6) is 0 Å². The summed E-state index contributed by atoms with van der Waals surface area (Å²) in [6.45, 7) is 5.00. The van der Waals surface area contributed by atoms with E-state index in [9.17, 15) is 18.5 Å². The lowest BCUT2D eigenvalue weighted by molar-refractivity contribution is -0.388. The van der Waals surface area contributed by atoms with Gasteiger partial charge in [0.2, 0.25) is 10.0 Å². The maximum absolute atomic E-state index is 13.1. The van der Waals surface area contributed by atoms with Crippen LogP contribution in [0.15, 0.2) is 17.0 Å². The Hall–Kier alpha value is -1.51. The van der Waals surface area contributed by atoms with Gasteiger partial charge in [0.05, 0.1) is 4.92 Å². The molecule has 1 saturated carbocycles. The van der Waals surface area contributed by atoms with Crippen molar-refractivity contribution in [1.29, 1.82) is 0 Å². The summed E-state index contributed by atoms with van der Waals surface area (Å²) in [5, 5.41) is 15.0. The van der Waals surface area contributed by atoms with E-state index in [0.717, 1.165) is 25.3 Å². The number of nitrogens with one attached hydrogen (secondary N) is 1. The Labute approximate surface area is 148 Å². The zero-order chi connectivity index (χ0) is 18.2. The Balaban J connectivity index is 1.78. The molecule has 0 bridgehead atoms. The molecule has 8 heteroatoms. The van der Waals surface area contributed by atoms with E-state index in [0.29, 0.717) is 30.3 Å². The van der Waals surface area contributed by atoms with Gasteiger partial charge in [0, 0.05) is 24.7 Å². The third-order valence-corrected chi connectivity index (χ3v) is 7.23. The molecule has 1 N–H and O–H groups in total. The van der Waals surface area contributed by atoms with Gasteiger partial charge >= 0.3 is 0 Å². The number of piperidine rings is 1. The van der Waals surface area contributed by atoms with Gasteiger partial charge in [-0.3, -0.25) is 10.1 Å². The molecule has 1 saturated heterocycles. The summed E-state index contributed by atoms with van der Waals surface area (Å²) in [4.78, 5) is 10.7. The summed E-state index contributed by atoms with van der Waals surface area (Å²) in [6, 6.07) is 3.57. The fourth-order valence-electron chi connectivity index (χ4n) is 3.41. The van der Waals surface area contributed by atoms with Gasteiger partial charge in [0.1, 0.15) is 0 Å². The van der Waals surface area contributed by atoms with Crippen LogP contribution in [0.2, 0.25) is 0 Å². The van der Waals surface area contributed by atoms with Crippen molar-refractivity contribution in [2.45, 2.75) is 50.5 Å². The van der Waals surface area contributed by atoms with Crippen LogP contribution in [0.4, 0.5) is 5.69 Å². The summed E-state index contributed by atoms with van der Waals surface area (Å²) in [5.41, 5.74) is 0.496. The molecule has 2 aliphatic rings. The number of nitro benzene ring substituents is 1. The molecule has 0 aromatic heterocycles. The number of nitrogens with zero attached hydrogens (tertiary/aromatic N) is 2. The van der Waals surface area contributed by atoms with Gasteiger partial charge in [-0.1, -0.05) is 12.1 Å². The average molecular weight is 367 g/mol. The molecule has 1 aromatic carbocycles. The molecule has 138 valence electrons. The van der Waals surface area contributed by atoms with Gasteiger partial charge in [-0.15, -0.1) is 0 Å². The van der Waals surface area contributed by atoms with E-state index in [4.69, 9.17) is 0 Å². The topological polar surface area (TPSA) is 92.6 Å². The summed E-state index contributed by atoms with van der Waals surface area (Å²) in [6.07, 6.45) is 4.06. The highest BCUT2D eigenvalue weighted by Crippen LogP contribution is 2.34. The number of sulfonamides is 1. The first-order valence-electron chi connectivity index (χ1n) is 8.79. The van der Waals surface area contributed by atoms with Crippen LogP contribution in [0.3, 0.4) is 0 Å². The highest BCUT2D eigenvalue weighted by Gasteiger charge is 2.36. The fraction of sp³-hybridized carbons (Fsp3) is 0.647. The van der Waals surface area contributed by atoms with Crippen LogP contribution in [-0.4, -0.2) is 43.3 Å². The van der Waals surface area contributed by atoms with Crippen molar-refractivity contribution >= 4 is 15.7 Å². The van der Waals surface area contributed by atoms with Gasteiger partial charge < -0.3 is 5.32 Å². The third kappa shape index (κ3) is 3.86. The number of benzene rings is 1. The second-order valence-electron chi connectivity index (χ2n) is 7.16. The van der Waals surface area contributed by atoms with E-state index < -0.39 is 14.9 Å². The second-order valence-corrected chi connectivity index (χ2v) is 9.04. The maximum atomic E-state index is 13.1. The first-order chi connectivity index (χ1) is 11.8. The highest BCUT2D eigenvalue weighted by atomic mass is 32.2. The van der Waals surface area contributed by atoms with Crippen LogP contribution < -0.4 is 5.32 Å². The van der Waals surface area contributed by atoms with Crippen LogP contribution in [0, 0.1) is 29.9 Å². The molecule has 3 rings (SSSR count). The van der Waals surface area contributed by atoms with Gasteiger partial charge in [-0.05, 0) is 57.6 Å². The monoisotopic (exact) mass is 367 g/mol. The number of aryl methyl sites for hydroxylation is 2. The lowest BCUT2D eigenvalue weighted by atomic mass is 10.1. The van der Waals surface area contributed by atoms with Crippen LogP contribution in [-0.2, 0) is 10.0 Å². The largest absolute Gasteiger partial charge is 0.314 e. The lowest BCUT2D eigenvalue weighted by Gasteiger charge is -2.32. The van der Waals surface area contributed by atoms with Crippen LogP contribution in [0.25, 0.3) is 0 Å². The Kier molecular flexibility index (Phi) is 5.13. The van der Waals surface area contributed by atoms with Gasteiger partial charge in [0.25, 0.3) is 5.69 Å². The Morgan fingerprint density at radius 2 is 1.76 bits per heavy atom. The quantitative estimate of drug-likeness (QED) is 0.615. The van der Waals surface area contributed by atoms with Crippen molar-refractivity contribution in [3.8, 4) is 0 Å². The molecule has 7 nitrogen and oxygen atoms in total. The molecule has 1 aromatic rings. The number of hydrogen-bond donors (Lipinski definition) is 1. The minimum atomic E-state index is -3.87. The minimum Gasteiger partial charge on any atom is -0.314 e. The lowest BCUT2D eigenvalue weighted by Crippen LogP contribution is -2.45. The summed E-state index contributed by atoms with van der Waals surface area (Å²) in [5.74, 6) is 0.791. The van der Waals surface area contributed by atoms with Crippen molar-refractivity contribution < 1.29 is 13.3 Å². The molecule has 1 heterocycles. The fourth-order valence-corrected chi connectivity index (χ4v) is 5.31. The predicted molar refractivity (Wildman–Crippen MR) is 95.1 cm³/mol. The zero-order valence-corrected chi connectivity index (χ0v) is 15.5. The van der Waals surface area contributed by atoms with Crippen molar-refractivity contribution in [3.63, 3.8) is 0 Å². The number of rotatable bonds is 6. The minimum absolute atomic E-state index is 0.151. The average Bonchev–Trinajstić information content (AvgIpc) is 3.39. The van der Waals surface area contributed by atoms with Crippen LogP contribution >= 0.6 is 0 Å². The second kappa shape index (κ2) is 7.01. The zero-order valence-electron chi connectivity index (χ0n) is 14.7. The Bertz CT molecular complexity index is 766. The normalized spacial score (nSPS) is 19.9. The van der Waals surface area contributed by atoms with Gasteiger partial charge in [0.15, 0.2) is 4.90 Å². The van der Waals surface area contributed by atoms with Gasteiger partial charge in [-0.25, -0.2) is 8.42 Å². The van der Waals surface area contributed by atoms with Crippen molar-refractivity contribution in [3.05, 3.63) is 33.4 Å². The first kappa shape index (κ1) is 18.3. The smallest absolute Gasteiger partial charge is 0.292 e. The van der Waals surface area contributed by atoms with E-state index in [-0.39, 0.29) is 10.6 Å². The standard InChI is InChI=1S/C17H25N3O4S/c1-12-3-4-13(2)17(16(12)20(21)22)25(23,24)19-9-7-15(8-10-19)18-11-14-5-6-14/h3-4,14-15,18H,5-11H2,1-2H3. The Morgan fingerprint density at radius 3 is 2.32 bits per heavy atom. The molecule has 0 atom stereocenters. The number of nitro groups is 1. The molecule has 2 fully saturated rings. The van der Waals surface area contributed by atoms with E-state index in [2.05, 4.69) is 5.32 Å². The van der Waals surface area contributed by atoms with E-state index in [1.54, 1.807) is 26.0 Å². The molecule has 1 aliphatic carbocycles. The molecular formula is C17H25N3O4S. The first-order valence-corrected chi connectivity index (χ1v) is 10.2. The summed E-state index contributed by atoms with van der Waals surface area (Å²) < 4.78 is 27.5. The van der Waals surface area contributed by atoms with Gasteiger partial charge in [-0.2, -0.15) is 4.31 Å². The molecule has 0 unspecified atom stereocenters. The molecular weight excluding hydrogens is 342 g/mol. The van der Waals surface area contributed by atoms with Crippen LogP contribution in [0.1, 0.15) is 36.8 Å². The predicted octanol–water partition coefficient (Wildman–Crippen LogP) is 2.36. The van der Waals surface area contributed by atoms with Crippen molar-refractivity contribution in [2.24, 2.45) is 5.92 Å². The van der Waals surface area contributed by atoms with E-state index in [1.807, 2.05) is 0 Å². The van der Waals surface area contributed by atoms with Crippen molar-refractivity contribution in [1.82, 2.24) is 9.62 Å². The number of hydrogen-bond acceptors (Lipinski definition) is 5. The molecule has 1 aliphatic heterocycles.